The van der Waals surface area contributed by atoms with Crippen molar-refractivity contribution in [1.82, 2.24) is 9.97 Å². The van der Waals surface area contributed by atoms with Crippen molar-refractivity contribution in [1.29, 1.82) is 0 Å². The van der Waals surface area contributed by atoms with Crippen LogP contribution in [0.3, 0.4) is 0 Å². The third-order valence-corrected chi connectivity index (χ3v) is 3.63. The number of imidazole rings is 1. The number of benzene rings is 2. The van der Waals surface area contributed by atoms with Crippen molar-refractivity contribution in [3.8, 4) is 11.4 Å². The number of hydrogen-bond acceptors (Lipinski definition) is 2. The molecule has 0 amide bonds. The van der Waals surface area contributed by atoms with Gasteiger partial charge in [-0.3, -0.25) is 0 Å². The molecule has 3 rings (SSSR count). The highest BCUT2D eigenvalue weighted by atomic mass is 35.5. The molecule has 0 aliphatic carbocycles. The average molecular weight is 272 g/mol. The summed E-state index contributed by atoms with van der Waals surface area (Å²) in [6.45, 7) is 2.51. The van der Waals surface area contributed by atoms with E-state index in [9.17, 15) is 0 Å². The molecule has 0 aliphatic heterocycles. The van der Waals surface area contributed by atoms with Crippen molar-refractivity contribution in [2.45, 2.75) is 13.5 Å². The third kappa shape index (κ3) is 2.23. The fourth-order valence-corrected chi connectivity index (χ4v) is 2.24. The second-order valence-corrected chi connectivity index (χ2v) is 5.01. The Balaban J connectivity index is 2.11. The number of rotatable bonds is 2. The maximum atomic E-state index is 6.15. The van der Waals surface area contributed by atoms with Gasteiger partial charge in [-0.2, -0.15) is 0 Å². The highest BCUT2D eigenvalue weighted by Gasteiger charge is 2.07. The van der Waals surface area contributed by atoms with Crippen LogP contribution in [0.4, 0.5) is 0 Å². The largest absolute Gasteiger partial charge is 0.338 e. The fraction of sp³-hybridized carbons (Fsp3) is 0.133. The first-order valence-electron chi connectivity index (χ1n) is 6.12. The van der Waals surface area contributed by atoms with Crippen LogP contribution in [-0.4, -0.2) is 9.97 Å². The summed E-state index contributed by atoms with van der Waals surface area (Å²) >= 11 is 6.15. The molecule has 19 heavy (non-hydrogen) atoms. The van der Waals surface area contributed by atoms with E-state index in [1.165, 1.54) is 0 Å². The molecule has 0 unspecified atom stereocenters. The van der Waals surface area contributed by atoms with E-state index in [0.29, 0.717) is 6.54 Å². The molecule has 96 valence electrons. The maximum Gasteiger partial charge on any atom is 0.138 e. The molecule has 4 heteroatoms. The van der Waals surface area contributed by atoms with Crippen LogP contribution in [0.15, 0.2) is 36.4 Å². The summed E-state index contributed by atoms with van der Waals surface area (Å²) in [5.74, 6) is 0.825. The maximum absolute atomic E-state index is 6.15. The van der Waals surface area contributed by atoms with Gasteiger partial charge in [-0.05, 0) is 36.2 Å². The first-order chi connectivity index (χ1) is 9.17. The van der Waals surface area contributed by atoms with E-state index in [1.54, 1.807) is 0 Å². The molecule has 3 N–H and O–H groups in total. The summed E-state index contributed by atoms with van der Waals surface area (Å²) < 4.78 is 0. The normalized spacial score (nSPS) is 11.1. The van der Waals surface area contributed by atoms with Gasteiger partial charge in [-0.25, -0.2) is 4.98 Å². The topological polar surface area (TPSA) is 54.7 Å². The van der Waals surface area contributed by atoms with Crippen LogP contribution < -0.4 is 5.73 Å². The number of nitrogens with two attached hydrogens (primary N) is 1. The number of hydrogen-bond donors (Lipinski definition) is 2. The first-order valence-corrected chi connectivity index (χ1v) is 6.50. The molecule has 3 aromatic rings. The van der Waals surface area contributed by atoms with Crippen molar-refractivity contribution in [3.63, 3.8) is 0 Å². The minimum atomic E-state index is 0.528. The second-order valence-electron chi connectivity index (χ2n) is 4.60. The lowest BCUT2D eigenvalue weighted by molar-refractivity contribution is 1.07. The molecule has 0 bridgehead atoms. The minimum Gasteiger partial charge on any atom is -0.338 e. The molecule has 0 fully saturated rings. The number of aryl methyl sites for hydroxylation is 1. The Kier molecular flexibility index (Phi) is 3.01. The van der Waals surface area contributed by atoms with Gasteiger partial charge in [-0.15, -0.1) is 0 Å². The number of halogens is 1. The molecule has 0 radical (unpaired) electrons. The molecule has 1 heterocycles. The Morgan fingerprint density at radius 3 is 2.79 bits per heavy atom. The van der Waals surface area contributed by atoms with E-state index in [0.717, 1.165) is 38.6 Å². The zero-order valence-electron chi connectivity index (χ0n) is 10.6. The summed E-state index contributed by atoms with van der Waals surface area (Å²) in [5.41, 5.74) is 10.7. The van der Waals surface area contributed by atoms with Crippen LogP contribution in [0.25, 0.3) is 22.4 Å². The lowest BCUT2D eigenvalue weighted by atomic mass is 10.1. The van der Waals surface area contributed by atoms with Crippen molar-refractivity contribution >= 4 is 22.6 Å². The van der Waals surface area contributed by atoms with Gasteiger partial charge in [0.2, 0.25) is 0 Å². The van der Waals surface area contributed by atoms with E-state index in [4.69, 9.17) is 17.3 Å². The monoisotopic (exact) mass is 271 g/mol. The Bertz CT molecular complexity index is 746. The average Bonchev–Trinajstić information content (AvgIpc) is 2.84. The molecule has 0 spiro atoms. The Morgan fingerprint density at radius 1 is 1.21 bits per heavy atom. The predicted octanol–water partition coefficient (Wildman–Crippen LogP) is 3.65. The van der Waals surface area contributed by atoms with Gasteiger partial charge in [0.05, 0.1) is 11.0 Å². The van der Waals surface area contributed by atoms with Gasteiger partial charge < -0.3 is 10.7 Å². The molecule has 0 saturated carbocycles. The van der Waals surface area contributed by atoms with Gasteiger partial charge in [0, 0.05) is 17.1 Å². The number of aromatic amines is 1. The molecular weight excluding hydrogens is 258 g/mol. The predicted molar refractivity (Wildman–Crippen MR) is 79.2 cm³/mol. The van der Waals surface area contributed by atoms with E-state index in [-0.39, 0.29) is 0 Å². The van der Waals surface area contributed by atoms with Crippen molar-refractivity contribution in [3.05, 3.63) is 52.5 Å². The van der Waals surface area contributed by atoms with Gasteiger partial charge in [0.1, 0.15) is 5.82 Å². The van der Waals surface area contributed by atoms with Crippen LogP contribution >= 0.6 is 11.6 Å². The minimum absolute atomic E-state index is 0.528. The third-order valence-electron chi connectivity index (χ3n) is 3.23. The van der Waals surface area contributed by atoms with Crippen LogP contribution in [0.1, 0.15) is 11.1 Å². The lowest BCUT2D eigenvalue weighted by Crippen LogP contribution is -1.95. The Morgan fingerprint density at radius 2 is 2.05 bits per heavy atom. The van der Waals surface area contributed by atoms with E-state index in [2.05, 4.69) is 9.97 Å². The van der Waals surface area contributed by atoms with Gasteiger partial charge in [-0.1, -0.05) is 29.8 Å². The van der Waals surface area contributed by atoms with Gasteiger partial charge >= 0.3 is 0 Å². The van der Waals surface area contributed by atoms with E-state index < -0.39 is 0 Å². The number of fused-ring (bicyclic) bond motifs is 1. The molecule has 1 aromatic heterocycles. The molecule has 0 atom stereocenters. The van der Waals surface area contributed by atoms with Crippen molar-refractivity contribution in [2.24, 2.45) is 5.73 Å². The quantitative estimate of drug-likeness (QED) is 0.747. The molecule has 3 nitrogen and oxygen atoms in total. The first kappa shape index (κ1) is 12.2. The van der Waals surface area contributed by atoms with Gasteiger partial charge in [0.15, 0.2) is 0 Å². The van der Waals surface area contributed by atoms with Crippen LogP contribution in [-0.2, 0) is 6.54 Å². The zero-order chi connectivity index (χ0) is 13.4. The Hall–Kier alpha value is -1.84. The summed E-state index contributed by atoms with van der Waals surface area (Å²) in [7, 11) is 0. The highest BCUT2D eigenvalue weighted by molar-refractivity contribution is 6.31. The lowest BCUT2D eigenvalue weighted by Gasteiger charge is -2.00. The summed E-state index contributed by atoms with van der Waals surface area (Å²) in [6, 6.07) is 11.9. The van der Waals surface area contributed by atoms with E-state index in [1.807, 2.05) is 43.3 Å². The van der Waals surface area contributed by atoms with Crippen molar-refractivity contribution in [2.75, 3.05) is 0 Å². The summed E-state index contributed by atoms with van der Waals surface area (Å²) in [6.07, 6.45) is 0. The number of H-pyrrole nitrogens is 1. The molecule has 0 aliphatic rings. The van der Waals surface area contributed by atoms with E-state index >= 15 is 0 Å². The zero-order valence-corrected chi connectivity index (χ0v) is 11.3. The van der Waals surface area contributed by atoms with Crippen LogP contribution in [0, 0.1) is 6.92 Å². The SMILES string of the molecule is Cc1ccc(-c2nc3ccc(CN)cc3[nH]2)cc1Cl. The summed E-state index contributed by atoms with van der Waals surface area (Å²) in [5, 5.41) is 0.751. The second kappa shape index (κ2) is 4.68. The summed E-state index contributed by atoms with van der Waals surface area (Å²) in [4.78, 5) is 7.88. The smallest absolute Gasteiger partial charge is 0.138 e. The van der Waals surface area contributed by atoms with Crippen LogP contribution in [0.5, 0.6) is 0 Å². The number of nitrogens with zero attached hydrogens (tertiary/aromatic N) is 1. The van der Waals surface area contributed by atoms with Crippen molar-refractivity contribution < 1.29 is 0 Å². The van der Waals surface area contributed by atoms with Gasteiger partial charge in [0.25, 0.3) is 0 Å². The number of aromatic nitrogens is 2. The Labute approximate surface area is 116 Å². The molecule has 0 saturated heterocycles. The standard InChI is InChI=1S/C15H14ClN3/c1-9-2-4-11(7-12(9)16)15-18-13-5-3-10(8-17)6-14(13)19-15/h2-7H,8,17H2,1H3,(H,18,19). The number of nitrogens with one attached hydrogen (secondary N) is 1. The highest BCUT2D eigenvalue weighted by Crippen LogP contribution is 2.25. The molecular formula is C15H14ClN3. The fourth-order valence-electron chi connectivity index (χ4n) is 2.06. The molecule has 2 aromatic carbocycles. The van der Waals surface area contributed by atoms with Crippen LogP contribution in [0.2, 0.25) is 5.02 Å².